The number of anilines is 1. The topological polar surface area (TPSA) is 69.8 Å². The van der Waals surface area contributed by atoms with Gasteiger partial charge in [0.1, 0.15) is 11.5 Å². The number of piperazine rings is 1. The number of nitrogens with zero attached hydrogens (tertiary/aromatic N) is 6. The molecule has 1 aromatic carbocycles. The number of rotatable bonds is 5. The highest BCUT2D eigenvalue weighted by Crippen LogP contribution is 2.36. The standard InChI is InChI=1S/C26H28N6O/c1-26(2,33)17-30-15-21-14-20(30)16-31(21)23-9-8-22-28-24(18-6-4-3-5-7-18)25(32(22)29-23)19-10-12-27-13-11-19/h3-13,20-21,33H,14-17H2,1-2H3. The second-order valence-electron chi connectivity index (χ2n) is 9.81. The SMILES string of the molecule is CC(C)(O)CN1CC2CC1CN2c1ccc2nc(-c3ccccc3)c(-c3ccncc3)n2n1. The molecule has 0 amide bonds. The molecule has 5 heterocycles. The summed E-state index contributed by atoms with van der Waals surface area (Å²) in [5.74, 6) is 0.977. The Hall–Kier alpha value is -3.29. The van der Waals surface area contributed by atoms with E-state index in [0.29, 0.717) is 18.6 Å². The Morgan fingerprint density at radius 1 is 0.939 bits per heavy atom. The average Bonchev–Trinajstić information content (AvgIpc) is 3.51. The van der Waals surface area contributed by atoms with Crippen molar-refractivity contribution in [3.8, 4) is 22.5 Å². The van der Waals surface area contributed by atoms with Gasteiger partial charge in [0.25, 0.3) is 0 Å². The Morgan fingerprint density at radius 2 is 1.73 bits per heavy atom. The highest BCUT2D eigenvalue weighted by Gasteiger charge is 2.45. The molecule has 2 unspecified atom stereocenters. The van der Waals surface area contributed by atoms with Crippen LogP contribution in [0.5, 0.6) is 0 Å². The molecule has 33 heavy (non-hydrogen) atoms. The lowest BCUT2D eigenvalue weighted by molar-refractivity contribution is 0.0299. The molecule has 0 radical (unpaired) electrons. The second kappa shape index (κ2) is 7.64. The third-order valence-corrected chi connectivity index (χ3v) is 6.70. The molecule has 0 saturated carbocycles. The number of imidazole rings is 1. The first-order chi connectivity index (χ1) is 16.0. The van der Waals surface area contributed by atoms with Crippen molar-refractivity contribution in [2.45, 2.75) is 38.0 Å². The third-order valence-electron chi connectivity index (χ3n) is 6.70. The highest BCUT2D eigenvalue weighted by atomic mass is 16.3. The van der Waals surface area contributed by atoms with Crippen molar-refractivity contribution in [3.05, 3.63) is 67.0 Å². The van der Waals surface area contributed by atoms with Gasteiger partial charge in [0.05, 0.1) is 11.3 Å². The maximum Gasteiger partial charge on any atom is 0.155 e. The number of aromatic nitrogens is 4. The summed E-state index contributed by atoms with van der Waals surface area (Å²) in [6, 6.07) is 19.3. The van der Waals surface area contributed by atoms with Gasteiger partial charge in [0, 0.05) is 55.2 Å². The Kier molecular flexibility index (Phi) is 4.71. The maximum atomic E-state index is 10.3. The van der Waals surface area contributed by atoms with Crippen LogP contribution in [0.2, 0.25) is 0 Å². The van der Waals surface area contributed by atoms with E-state index in [2.05, 4.69) is 39.0 Å². The predicted octanol–water partition coefficient (Wildman–Crippen LogP) is 3.49. The van der Waals surface area contributed by atoms with Crippen LogP contribution in [0.15, 0.2) is 67.0 Å². The molecule has 2 aliphatic rings. The van der Waals surface area contributed by atoms with Gasteiger partial charge in [-0.1, -0.05) is 30.3 Å². The zero-order valence-electron chi connectivity index (χ0n) is 19.0. The molecule has 1 N–H and O–H groups in total. The van der Waals surface area contributed by atoms with E-state index in [0.717, 1.165) is 53.5 Å². The number of β-amino-alcohol motifs (C(OH)–C–C–N with tert-alkyl or cyclic N) is 1. The lowest BCUT2D eigenvalue weighted by Gasteiger charge is -2.37. The summed E-state index contributed by atoms with van der Waals surface area (Å²) < 4.78 is 1.98. The van der Waals surface area contributed by atoms with Crippen molar-refractivity contribution in [2.24, 2.45) is 0 Å². The van der Waals surface area contributed by atoms with Gasteiger partial charge in [-0.05, 0) is 44.5 Å². The second-order valence-corrected chi connectivity index (χ2v) is 9.81. The summed E-state index contributed by atoms with van der Waals surface area (Å²) in [7, 11) is 0. The Morgan fingerprint density at radius 3 is 2.42 bits per heavy atom. The monoisotopic (exact) mass is 440 g/mol. The lowest BCUT2D eigenvalue weighted by Crippen LogP contribution is -2.50. The van der Waals surface area contributed by atoms with Crippen LogP contribution < -0.4 is 4.90 Å². The van der Waals surface area contributed by atoms with E-state index >= 15 is 0 Å². The molecular formula is C26H28N6O. The van der Waals surface area contributed by atoms with Gasteiger partial charge in [-0.15, -0.1) is 5.10 Å². The Bertz CT molecular complexity index is 1280. The Balaban J connectivity index is 1.40. The van der Waals surface area contributed by atoms with Crippen LogP contribution in [-0.2, 0) is 0 Å². The third kappa shape index (κ3) is 3.67. The molecule has 2 atom stereocenters. The van der Waals surface area contributed by atoms with Gasteiger partial charge in [-0.25, -0.2) is 9.50 Å². The predicted molar refractivity (Wildman–Crippen MR) is 129 cm³/mol. The normalized spacial score (nSPS) is 20.8. The summed E-state index contributed by atoms with van der Waals surface area (Å²) in [6.45, 7) is 6.38. The summed E-state index contributed by atoms with van der Waals surface area (Å²) in [4.78, 5) is 14.0. The van der Waals surface area contributed by atoms with E-state index in [1.807, 2.05) is 61.1 Å². The van der Waals surface area contributed by atoms with E-state index in [1.54, 1.807) is 0 Å². The van der Waals surface area contributed by atoms with Gasteiger partial charge < -0.3 is 10.0 Å². The van der Waals surface area contributed by atoms with Crippen LogP contribution in [-0.4, -0.2) is 66.9 Å². The average molecular weight is 441 g/mol. The van der Waals surface area contributed by atoms with Crippen LogP contribution >= 0.6 is 0 Å². The fourth-order valence-corrected chi connectivity index (χ4v) is 5.36. The maximum absolute atomic E-state index is 10.3. The minimum Gasteiger partial charge on any atom is -0.389 e. The van der Waals surface area contributed by atoms with Gasteiger partial charge in [-0.2, -0.15) is 0 Å². The van der Waals surface area contributed by atoms with E-state index < -0.39 is 5.60 Å². The molecule has 2 bridgehead atoms. The minimum absolute atomic E-state index is 0.420. The molecule has 0 aliphatic carbocycles. The fraction of sp³-hybridized carbons (Fsp3) is 0.346. The zero-order valence-corrected chi connectivity index (χ0v) is 19.0. The fourth-order valence-electron chi connectivity index (χ4n) is 5.36. The van der Waals surface area contributed by atoms with Crippen LogP contribution in [0.1, 0.15) is 20.3 Å². The van der Waals surface area contributed by atoms with Crippen molar-refractivity contribution < 1.29 is 5.11 Å². The van der Waals surface area contributed by atoms with Crippen molar-refractivity contribution in [2.75, 3.05) is 24.5 Å². The summed E-state index contributed by atoms with van der Waals surface area (Å²) in [6.07, 6.45) is 4.74. The first-order valence-corrected chi connectivity index (χ1v) is 11.5. The quantitative estimate of drug-likeness (QED) is 0.512. The van der Waals surface area contributed by atoms with Crippen LogP contribution in [0, 0.1) is 0 Å². The zero-order chi connectivity index (χ0) is 22.6. The van der Waals surface area contributed by atoms with Crippen LogP contribution in [0.4, 0.5) is 5.82 Å². The van der Waals surface area contributed by atoms with E-state index in [4.69, 9.17) is 10.1 Å². The van der Waals surface area contributed by atoms with E-state index in [-0.39, 0.29) is 0 Å². The summed E-state index contributed by atoms with van der Waals surface area (Å²) >= 11 is 0. The first kappa shape index (κ1) is 20.3. The molecule has 3 aromatic heterocycles. The van der Waals surface area contributed by atoms with Crippen LogP contribution in [0.3, 0.4) is 0 Å². The summed E-state index contributed by atoms with van der Waals surface area (Å²) in [5.41, 5.74) is 4.17. The van der Waals surface area contributed by atoms with Crippen molar-refractivity contribution in [1.82, 2.24) is 24.5 Å². The Labute approximate surface area is 193 Å². The molecule has 2 aliphatic heterocycles. The number of aliphatic hydroxyl groups is 1. The molecule has 6 rings (SSSR count). The lowest BCUT2D eigenvalue weighted by atomic mass is 10.1. The molecular weight excluding hydrogens is 412 g/mol. The number of hydrogen-bond acceptors (Lipinski definition) is 6. The van der Waals surface area contributed by atoms with Gasteiger partial charge in [0.15, 0.2) is 5.65 Å². The molecule has 4 aromatic rings. The molecule has 7 heteroatoms. The largest absolute Gasteiger partial charge is 0.389 e. The minimum atomic E-state index is -0.670. The highest BCUT2D eigenvalue weighted by molar-refractivity contribution is 5.81. The molecule has 168 valence electrons. The van der Waals surface area contributed by atoms with Crippen molar-refractivity contribution in [3.63, 3.8) is 0 Å². The van der Waals surface area contributed by atoms with E-state index in [1.165, 1.54) is 0 Å². The number of benzene rings is 1. The van der Waals surface area contributed by atoms with Gasteiger partial charge >= 0.3 is 0 Å². The van der Waals surface area contributed by atoms with Gasteiger partial charge in [-0.3, -0.25) is 9.88 Å². The molecule has 2 fully saturated rings. The van der Waals surface area contributed by atoms with E-state index in [9.17, 15) is 5.11 Å². The summed E-state index contributed by atoms with van der Waals surface area (Å²) in [5, 5.41) is 15.4. The number of likely N-dealkylation sites (tertiary alicyclic amines) is 1. The van der Waals surface area contributed by atoms with Crippen LogP contribution in [0.25, 0.3) is 28.2 Å². The first-order valence-electron chi connectivity index (χ1n) is 11.5. The molecule has 0 spiro atoms. The van der Waals surface area contributed by atoms with Gasteiger partial charge in [0.2, 0.25) is 0 Å². The molecule has 2 saturated heterocycles. The smallest absolute Gasteiger partial charge is 0.155 e. The molecule has 7 nitrogen and oxygen atoms in total. The van der Waals surface area contributed by atoms with Crippen molar-refractivity contribution >= 4 is 11.5 Å². The number of fused-ring (bicyclic) bond motifs is 3. The van der Waals surface area contributed by atoms with Crippen molar-refractivity contribution in [1.29, 1.82) is 0 Å². The number of pyridine rings is 1. The number of hydrogen-bond donors (Lipinski definition) is 1.